The number of piperazine rings is 1. The number of piperidine rings is 1. The van der Waals surface area contributed by atoms with Crippen molar-refractivity contribution in [1.29, 1.82) is 0 Å². The zero-order chi connectivity index (χ0) is 7.97. The van der Waals surface area contributed by atoms with E-state index in [0.29, 0.717) is 0 Å². The Morgan fingerprint density at radius 1 is 1.08 bits per heavy atom. The number of nitrogens with zero attached hydrogens (tertiary/aromatic N) is 1. The third kappa shape index (κ3) is 1.01. The molecule has 0 aromatic carbocycles. The zero-order valence-electron chi connectivity index (χ0n) is 7.63. The molecule has 2 nitrogen and oxygen atoms in total. The summed E-state index contributed by atoms with van der Waals surface area (Å²) in [7, 11) is 0. The van der Waals surface area contributed by atoms with Crippen LogP contribution < -0.4 is 5.32 Å². The first-order valence-corrected chi connectivity index (χ1v) is 5.40. The van der Waals surface area contributed by atoms with Crippen LogP contribution in [0.5, 0.6) is 0 Å². The van der Waals surface area contributed by atoms with Crippen LogP contribution in [0.25, 0.3) is 0 Å². The largest absolute Gasteiger partial charge is 0.314 e. The van der Waals surface area contributed by atoms with Crippen molar-refractivity contribution < 1.29 is 0 Å². The van der Waals surface area contributed by atoms with Crippen molar-refractivity contribution >= 4 is 0 Å². The molecular formula is C10H18N2. The summed E-state index contributed by atoms with van der Waals surface area (Å²) in [5.41, 5.74) is 0. The van der Waals surface area contributed by atoms with Gasteiger partial charge in [-0.1, -0.05) is 0 Å². The van der Waals surface area contributed by atoms with E-state index in [1.165, 1.54) is 45.3 Å². The molecule has 3 rings (SSSR count). The molecule has 0 radical (unpaired) electrons. The molecule has 2 bridgehead atoms. The third-order valence-corrected chi connectivity index (χ3v) is 3.98. The van der Waals surface area contributed by atoms with Gasteiger partial charge in [0.25, 0.3) is 0 Å². The smallest absolute Gasteiger partial charge is 0.0226 e. The molecule has 3 aliphatic rings. The number of hydrogen-bond donors (Lipinski definition) is 1. The molecule has 1 aliphatic carbocycles. The second kappa shape index (κ2) is 2.71. The van der Waals surface area contributed by atoms with Gasteiger partial charge < -0.3 is 5.32 Å². The van der Waals surface area contributed by atoms with Gasteiger partial charge in [-0.25, -0.2) is 0 Å². The van der Waals surface area contributed by atoms with Gasteiger partial charge in [0.2, 0.25) is 0 Å². The normalized spacial score (nSPS) is 47.5. The Labute approximate surface area is 74.3 Å². The molecule has 68 valence electrons. The second-order valence-corrected chi connectivity index (χ2v) is 4.66. The molecule has 0 spiro atoms. The Kier molecular flexibility index (Phi) is 1.66. The highest BCUT2D eigenvalue weighted by molar-refractivity contribution is 4.96. The van der Waals surface area contributed by atoms with Crippen molar-refractivity contribution in [3.05, 3.63) is 0 Å². The van der Waals surface area contributed by atoms with Gasteiger partial charge in [0.05, 0.1) is 0 Å². The highest BCUT2D eigenvalue weighted by Gasteiger charge is 2.40. The minimum Gasteiger partial charge on any atom is -0.314 e. The minimum atomic E-state index is 0.894. The Morgan fingerprint density at radius 3 is 3.00 bits per heavy atom. The first-order valence-electron chi connectivity index (χ1n) is 5.40. The Balaban J connectivity index is 1.80. The summed E-state index contributed by atoms with van der Waals surface area (Å²) < 4.78 is 0. The van der Waals surface area contributed by atoms with Gasteiger partial charge in [0.15, 0.2) is 0 Å². The number of nitrogens with one attached hydrogen (secondary N) is 1. The summed E-state index contributed by atoms with van der Waals surface area (Å²) in [5.74, 6) is 1.08. The highest BCUT2D eigenvalue weighted by atomic mass is 15.3. The van der Waals surface area contributed by atoms with Crippen LogP contribution in [0.2, 0.25) is 0 Å². The van der Waals surface area contributed by atoms with Crippen molar-refractivity contribution in [2.75, 3.05) is 19.6 Å². The number of fused-ring (bicyclic) bond motifs is 4. The van der Waals surface area contributed by atoms with Crippen LogP contribution in [0.4, 0.5) is 0 Å². The third-order valence-electron chi connectivity index (χ3n) is 3.98. The van der Waals surface area contributed by atoms with Crippen molar-refractivity contribution in [2.24, 2.45) is 5.92 Å². The molecular weight excluding hydrogens is 148 g/mol. The molecule has 2 saturated heterocycles. The Morgan fingerprint density at radius 2 is 2.00 bits per heavy atom. The molecule has 1 N–H and O–H groups in total. The predicted molar refractivity (Wildman–Crippen MR) is 49.1 cm³/mol. The van der Waals surface area contributed by atoms with E-state index in [4.69, 9.17) is 0 Å². The van der Waals surface area contributed by atoms with Gasteiger partial charge in [-0.3, -0.25) is 4.90 Å². The standard InChI is InChI=1S/C10H18N2/c1-2-9-5-8(1)6-10-7-11-3-4-12(9)10/h8-11H,1-7H2. The Bertz CT molecular complexity index is 181. The van der Waals surface area contributed by atoms with Crippen LogP contribution in [-0.4, -0.2) is 36.6 Å². The fourth-order valence-corrected chi connectivity index (χ4v) is 3.42. The molecule has 2 heterocycles. The van der Waals surface area contributed by atoms with E-state index in [0.717, 1.165) is 18.0 Å². The zero-order valence-corrected chi connectivity index (χ0v) is 7.63. The lowest BCUT2D eigenvalue weighted by Gasteiger charge is -2.44. The number of hydrogen-bond acceptors (Lipinski definition) is 2. The summed E-state index contributed by atoms with van der Waals surface area (Å²) in [6.07, 6.45) is 5.98. The van der Waals surface area contributed by atoms with Gasteiger partial charge in [-0.2, -0.15) is 0 Å². The molecule has 0 aromatic rings. The fraction of sp³-hybridized carbons (Fsp3) is 1.00. The average molecular weight is 166 g/mol. The van der Waals surface area contributed by atoms with Gasteiger partial charge in [-0.15, -0.1) is 0 Å². The van der Waals surface area contributed by atoms with Gasteiger partial charge in [0.1, 0.15) is 0 Å². The molecule has 1 saturated carbocycles. The topological polar surface area (TPSA) is 15.3 Å². The Hall–Kier alpha value is -0.0800. The van der Waals surface area contributed by atoms with Crippen LogP contribution in [0.15, 0.2) is 0 Å². The summed E-state index contributed by atoms with van der Waals surface area (Å²) in [4.78, 5) is 2.78. The molecule has 0 aromatic heterocycles. The van der Waals surface area contributed by atoms with Crippen LogP contribution in [0.3, 0.4) is 0 Å². The molecule has 3 unspecified atom stereocenters. The van der Waals surface area contributed by atoms with E-state index >= 15 is 0 Å². The minimum absolute atomic E-state index is 0.894. The molecule has 0 amide bonds. The van der Waals surface area contributed by atoms with E-state index in [1.807, 2.05) is 0 Å². The lowest BCUT2D eigenvalue weighted by atomic mass is 9.91. The molecule has 2 aliphatic heterocycles. The van der Waals surface area contributed by atoms with Crippen molar-refractivity contribution in [3.63, 3.8) is 0 Å². The summed E-state index contributed by atoms with van der Waals surface area (Å²) >= 11 is 0. The van der Waals surface area contributed by atoms with E-state index < -0.39 is 0 Å². The van der Waals surface area contributed by atoms with Crippen molar-refractivity contribution in [1.82, 2.24) is 10.2 Å². The van der Waals surface area contributed by atoms with Gasteiger partial charge in [-0.05, 0) is 31.6 Å². The highest BCUT2D eigenvalue weighted by Crippen LogP contribution is 2.39. The monoisotopic (exact) mass is 166 g/mol. The van der Waals surface area contributed by atoms with E-state index in [2.05, 4.69) is 10.2 Å². The maximum absolute atomic E-state index is 3.51. The van der Waals surface area contributed by atoms with Crippen LogP contribution in [0, 0.1) is 5.92 Å². The maximum Gasteiger partial charge on any atom is 0.0226 e. The van der Waals surface area contributed by atoms with Crippen LogP contribution >= 0.6 is 0 Å². The quantitative estimate of drug-likeness (QED) is 0.573. The molecule has 3 atom stereocenters. The van der Waals surface area contributed by atoms with E-state index in [-0.39, 0.29) is 0 Å². The van der Waals surface area contributed by atoms with E-state index in [9.17, 15) is 0 Å². The first-order chi connectivity index (χ1) is 5.93. The van der Waals surface area contributed by atoms with Crippen LogP contribution in [-0.2, 0) is 0 Å². The SMILES string of the molecule is C1CN2C3CCC(C3)CC2CN1. The van der Waals surface area contributed by atoms with Gasteiger partial charge >= 0.3 is 0 Å². The lowest BCUT2D eigenvalue weighted by Crippen LogP contribution is -2.56. The lowest BCUT2D eigenvalue weighted by molar-refractivity contribution is 0.0670. The summed E-state index contributed by atoms with van der Waals surface area (Å²) in [5, 5.41) is 3.51. The van der Waals surface area contributed by atoms with Crippen molar-refractivity contribution in [2.45, 2.75) is 37.8 Å². The second-order valence-electron chi connectivity index (χ2n) is 4.66. The maximum atomic E-state index is 3.51. The average Bonchev–Trinajstić information content (AvgIpc) is 2.49. The number of rotatable bonds is 0. The summed E-state index contributed by atoms with van der Waals surface area (Å²) in [6, 6.07) is 1.86. The van der Waals surface area contributed by atoms with Crippen molar-refractivity contribution in [3.8, 4) is 0 Å². The van der Waals surface area contributed by atoms with E-state index in [1.54, 1.807) is 0 Å². The van der Waals surface area contributed by atoms with Crippen LogP contribution in [0.1, 0.15) is 25.7 Å². The molecule has 12 heavy (non-hydrogen) atoms. The fourth-order valence-electron chi connectivity index (χ4n) is 3.42. The first kappa shape index (κ1) is 7.34. The molecule has 2 heteroatoms. The predicted octanol–water partition coefficient (Wildman–Crippen LogP) is 0.833. The summed E-state index contributed by atoms with van der Waals surface area (Å²) in [6.45, 7) is 3.78. The van der Waals surface area contributed by atoms with Gasteiger partial charge in [0, 0.05) is 31.7 Å². The molecule has 3 fully saturated rings.